The van der Waals surface area contributed by atoms with Crippen molar-refractivity contribution in [2.75, 3.05) is 0 Å². The number of para-hydroxylation sites is 3. The number of fused-ring (bicyclic) bond motifs is 12. The lowest BCUT2D eigenvalue weighted by Gasteiger charge is -2.39. The maximum absolute atomic E-state index is 6.62. The Kier molecular flexibility index (Phi) is 5.81. The SMILES string of the molecule is c1ccc(-c2nc(-c3ccccc3)nc(-c3cccc4c3-c3cc5c(cc3C43c4ccccc4Oc4ccccc43)oc3ccccc35)n2)cc1. The highest BCUT2D eigenvalue weighted by Crippen LogP contribution is 2.64. The molecule has 1 aliphatic heterocycles. The Hall–Kier alpha value is -6.85. The fourth-order valence-electron chi connectivity index (χ4n) is 8.28. The highest BCUT2D eigenvalue weighted by atomic mass is 16.5. The van der Waals surface area contributed by atoms with E-state index in [0.29, 0.717) is 17.5 Å². The molecule has 7 aromatic carbocycles. The predicted octanol–water partition coefficient (Wildman–Crippen LogP) is 11.2. The molecule has 2 aliphatic rings. The van der Waals surface area contributed by atoms with E-state index in [1.807, 2.05) is 84.9 Å². The van der Waals surface area contributed by atoms with Gasteiger partial charge in [0.1, 0.15) is 22.7 Å². The first-order valence-corrected chi connectivity index (χ1v) is 17.1. The van der Waals surface area contributed by atoms with E-state index in [4.69, 9.17) is 24.1 Å². The second-order valence-electron chi connectivity index (χ2n) is 13.1. The van der Waals surface area contributed by atoms with Gasteiger partial charge >= 0.3 is 0 Å². The van der Waals surface area contributed by atoms with Crippen LogP contribution in [-0.2, 0) is 5.41 Å². The van der Waals surface area contributed by atoms with E-state index >= 15 is 0 Å². The highest BCUT2D eigenvalue weighted by molar-refractivity contribution is 6.09. The van der Waals surface area contributed by atoms with Gasteiger partial charge in [-0.15, -0.1) is 0 Å². The number of aromatic nitrogens is 3. The molecule has 0 radical (unpaired) electrons. The zero-order valence-corrected chi connectivity index (χ0v) is 27.2. The molecule has 9 aromatic rings. The lowest BCUT2D eigenvalue weighted by molar-refractivity contribution is 0.436. The van der Waals surface area contributed by atoms with Gasteiger partial charge in [0.25, 0.3) is 0 Å². The van der Waals surface area contributed by atoms with Gasteiger partial charge < -0.3 is 9.15 Å². The minimum atomic E-state index is -0.684. The first-order valence-electron chi connectivity index (χ1n) is 17.1. The van der Waals surface area contributed by atoms with Gasteiger partial charge in [-0.3, -0.25) is 0 Å². The Labute approximate surface area is 293 Å². The number of nitrogens with zero attached hydrogens (tertiary/aromatic N) is 3. The van der Waals surface area contributed by atoms with E-state index in [-0.39, 0.29) is 0 Å². The molecule has 0 atom stereocenters. The van der Waals surface area contributed by atoms with Crippen molar-refractivity contribution in [2.24, 2.45) is 0 Å². The minimum Gasteiger partial charge on any atom is -0.457 e. The molecule has 5 nitrogen and oxygen atoms in total. The fraction of sp³-hybridized carbons (Fsp3) is 0.0217. The molecule has 0 amide bonds. The molecule has 11 rings (SSSR count). The van der Waals surface area contributed by atoms with Crippen LogP contribution < -0.4 is 4.74 Å². The molecule has 2 aromatic heterocycles. The fourth-order valence-corrected chi connectivity index (χ4v) is 8.28. The third kappa shape index (κ3) is 3.94. The summed E-state index contributed by atoms with van der Waals surface area (Å²) in [5.74, 6) is 3.55. The Morgan fingerprint density at radius 3 is 1.65 bits per heavy atom. The molecule has 0 saturated carbocycles. The van der Waals surface area contributed by atoms with Crippen molar-refractivity contribution in [3.8, 4) is 56.8 Å². The van der Waals surface area contributed by atoms with Crippen LogP contribution >= 0.6 is 0 Å². The molecular weight excluding hydrogens is 627 g/mol. The van der Waals surface area contributed by atoms with Crippen LogP contribution in [0.25, 0.3) is 67.2 Å². The second kappa shape index (κ2) is 10.6. The monoisotopic (exact) mass is 653 g/mol. The van der Waals surface area contributed by atoms with E-state index in [0.717, 1.165) is 83.5 Å². The molecule has 1 aliphatic carbocycles. The van der Waals surface area contributed by atoms with E-state index in [1.54, 1.807) is 0 Å². The van der Waals surface area contributed by atoms with Gasteiger partial charge in [-0.05, 0) is 52.6 Å². The van der Waals surface area contributed by atoms with Gasteiger partial charge in [0.05, 0.1) is 5.41 Å². The smallest absolute Gasteiger partial charge is 0.164 e. The van der Waals surface area contributed by atoms with Gasteiger partial charge in [-0.1, -0.05) is 133 Å². The maximum atomic E-state index is 6.62. The molecule has 5 heteroatoms. The Morgan fingerprint density at radius 1 is 0.392 bits per heavy atom. The Bertz CT molecular complexity index is 2740. The van der Waals surface area contributed by atoms with Crippen molar-refractivity contribution in [3.05, 3.63) is 186 Å². The largest absolute Gasteiger partial charge is 0.457 e. The van der Waals surface area contributed by atoms with E-state index in [1.165, 1.54) is 0 Å². The van der Waals surface area contributed by atoms with Crippen molar-refractivity contribution < 1.29 is 9.15 Å². The van der Waals surface area contributed by atoms with Crippen molar-refractivity contribution in [2.45, 2.75) is 5.41 Å². The van der Waals surface area contributed by atoms with Crippen molar-refractivity contribution in [1.82, 2.24) is 15.0 Å². The normalized spacial score (nSPS) is 13.4. The standard InChI is InChI=1S/C46H27N3O2/c1-3-14-28(15-4-1)43-47-44(29-16-5-2-6-17-29)49-45(48-43)31-19-13-22-36-42(31)33-26-32-30-18-7-10-23-38(30)50-41(32)27-37(33)46(36)34-20-8-11-24-39(34)51-40-25-12-9-21-35(40)46/h1-27H. The highest BCUT2D eigenvalue weighted by Gasteiger charge is 2.52. The number of furan rings is 1. The van der Waals surface area contributed by atoms with Crippen LogP contribution in [0.3, 0.4) is 0 Å². The van der Waals surface area contributed by atoms with Gasteiger partial charge in [0, 0.05) is 38.6 Å². The minimum absolute atomic E-state index is 0.619. The molecular formula is C46H27N3O2. The number of hydrogen-bond donors (Lipinski definition) is 0. The summed E-state index contributed by atoms with van der Waals surface area (Å²) in [5, 5.41) is 2.15. The summed E-state index contributed by atoms with van der Waals surface area (Å²) in [5.41, 5.74) is 10.5. The lowest BCUT2D eigenvalue weighted by Crippen LogP contribution is -2.32. The number of rotatable bonds is 3. The second-order valence-corrected chi connectivity index (χ2v) is 13.1. The van der Waals surface area contributed by atoms with Crippen LogP contribution in [0, 0.1) is 0 Å². The predicted molar refractivity (Wildman–Crippen MR) is 201 cm³/mol. The van der Waals surface area contributed by atoms with Crippen LogP contribution in [0.15, 0.2) is 168 Å². The Balaban J connectivity index is 1.28. The number of benzene rings is 7. The van der Waals surface area contributed by atoms with Gasteiger partial charge in [0.15, 0.2) is 17.5 Å². The first-order chi connectivity index (χ1) is 25.3. The molecule has 0 unspecified atom stereocenters. The average molecular weight is 654 g/mol. The molecule has 1 spiro atoms. The number of hydrogen-bond acceptors (Lipinski definition) is 5. The topological polar surface area (TPSA) is 61.0 Å². The molecule has 3 heterocycles. The third-order valence-electron chi connectivity index (χ3n) is 10.4. The van der Waals surface area contributed by atoms with Gasteiger partial charge in [-0.2, -0.15) is 0 Å². The average Bonchev–Trinajstić information content (AvgIpc) is 3.71. The van der Waals surface area contributed by atoms with E-state index in [9.17, 15) is 0 Å². The van der Waals surface area contributed by atoms with Crippen LogP contribution in [0.2, 0.25) is 0 Å². The van der Waals surface area contributed by atoms with Crippen LogP contribution in [0.5, 0.6) is 11.5 Å². The quantitative estimate of drug-likeness (QED) is 0.190. The Morgan fingerprint density at radius 2 is 0.961 bits per heavy atom. The molecule has 0 saturated heterocycles. The summed E-state index contributed by atoms with van der Waals surface area (Å²) in [6, 6.07) is 56.4. The summed E-state index contributed by atoms with van der Waals surface area (Å²) < 4.78 is 13.2. The van der Waals surface area contributed by atoms with Gasteiger partial charge in [-0.25, -0.2) is 15.0 Å². The zero-order valence-electron chi connectivity index (χ0n) is 27.2. The van der Waals surface area contributed by atoms with Crippen molar-refractivity contribution in [1.29, 1.82) is 0 Å². The molecule has 238 valence electrons. The summed E-state index contributed by atoms with van der Waals surface area (Å²) >= 11 is 0. The van der Waals surface area contributed by atoms with E-state index < -0.39 is 5.41 Å². The van der Waals surface area contributed by atoms with Crippen LogP contribution in [0.1, 0.15) is 22.3 Å². The van der Waals surface area contributed by atoms with Crippen LogP contribution in [0.4, 0.5) is 0 Å². The van der Waals surface area contributed by atoms with Crippen molar-refractivity contribution in [3.63, 3.8) is 0 Å². The maximum Gasteiger partial charge on any atom is 0.164 e. The summed E-state index contributed by atoms with van der Waals surface area (Å²) in [6.07, 6.45) is 0. The zero-order chi connectivity index (χ0) is 33.5. The summed E-state index contributed by atoms with van der Waals surface area (Å²) in [4.78, 5) is 15.4. The number of ether oxygens (including phenoxy) is 1. The summed E-state index contributed by atoms with van der Waals surface area (Å²) in [7, 11) is 0. The molecule has 0 fully saturated rings. The van der Waals surface area contributed by atoms with Gasteiger partial charge in [0.2, 0.25) is 0 Å². The van der Waals surface area contributed by atoms with Crippen molar-refractivity contribution >= 4 is 21.9 Å². The summed E-state index contributed by atoms with van der Waals surface area (Å²) in [6.45, 7) is 0. The third-order valence-corrected chi connectivity index (χ3v) is 10.4. The molecule has 0 bridgehead atoms. The molecule has 0 N–H and O–H groups in total. The van der Waals surface area contributed by atoms with Crippen LogP contribution in [-0.4, -0.2) is 15.0 Å². The molecule has 51 heavy (non-hydrogen) atoms. The first kappa shape index (κ1) is 28.0. The lowest BCUT2D eigenvalue weighted by atomic mass is 9.66. The van der Waals surface area contributed by atoms with E-state index in [2.05, 4.69) is 78.9 Å².